The number of benzene rings is 1. The summed E-state index contributed by atoms with van der Waals surface area (Å²) in [4.78, 5) is 46.9. The van der Waals surface area contributed by atoms with Gasteiger partial charge in [0.2, 0.25) is 5.91 Å². The molecular formula is C24H28N4O5S. The molecule has 3 amide bonds. The summed E-state index contributed by atoms with van der Waals surface area (Å²) >= 11 is 1.43. The van der Waals surface area contributed by atoms with Crippen LogP contribution < -0.4 is 9.64 Å². The molecule has 10 heteroatoms. The van der Waals surface area contributed by atoms with Gasteiger partial charge in [-0.1, -0.05) is 18.2 Å². The van der Waals surface area contributed by atoms with Crippen LogP contribution in [-0.2, 0) is 14.3 Å². The molecule has 2 aromatic rings. The fourth-order valence-corrected chi connectivity index (χ4v) is 5.24. The Morgan fingerprint density at radius 1 is 0.882 bits per heavy atom. The molecule has 2 fully saturated rings. The number of para-hydroxylation sites is 2. The van der Waals surface area contributed by atoms with Crippen molar-refractivity contribution in [3.8, 4) is 5.75 Å². The van der Waals surface area contributed by atoms with Crippen LogP contribution in [0.1, 0.15) is 9.67 Å². The van der Waals surface area contributed by atoms with Crippen molar-refractivity contribution < 1.29 is 23.9 Å². The molecule has 0 unspecified atom stereocenters. The van der Waals surface area contributed by atoms with E-state index in [0.29, 0.717) is 64.8 Å². The second-order valence-electron chi connectivity index (χ2n) is 8.54. The summed E-state index contributed by atoms with van der Waals surface area (Å²) in [5.74, 6) is 0.543. The fraction of sp³-hybridized carbons (Fsp3) is 0.458. The Kier molecular flexibility index (Phi) is 6.68. The Labute approximate surface area is 202 Å². The first-order chi connectivity index (χ1) is 16.6. The molecule has 0 N–H and O–H groups in total. The van der Waals surface area contributed by atoms with Crippen LogP contribution in [0.2, 0.25) is 0 Å². The topological polar surface area (TPSA) is 82.6 Å². The third-order valence-corrected chi connectivity index (χ3v) is 7.30. The van der Waals surface area contributed by atoms with E-state index in [1.807, 2.05) is 46.7 Å². The fourth-order valence-electron chi connectivity index (χ4n) is 4.55. The Morgan fingerprint density at radius 2 is 1.62 bits per heavy atom. The predicted octanol–water partition coefficient (Wildman–Crippen LogP) is 1.16. The molecule has 2 saturated heterocycles. The summed E-state index contributed by atoms with van der Waals surface area (Å²) in [6.07, 6.45) is -0.666. The van der Waals surface area contributed by atoms with Gasteiger partial charge in [0.15, 0.2) is 6.10 Å². The van der Waals surface area contributed by atoms with Crippen LogP contribution >= 0.6 is 11.3 Å². The second-order valence-corrected chi connectivity index (χ2v) is 9.49. The first kappa shape index (κ1) is 22.7. The quantitative estimate of drug-likeness (QED) is 0.648. The molecule has 1 aromatic carbocycles. The largest absolute Gasteiger partial charge is 0.477 e. The van der Waals surface area contributed by atoms with Gasteiger partial charge < -0.3 is 29.1 Å². The van der Waals surface area contributed by atoms with Gasteiger partial charge in [0.1, 0.15) is 5.75 Å². The number of nitrogens with zero attached hydrogens (tertiary/aromatic N) is 4. The van der Waals surface area contributed by atoms with Gasteiger partial charge >= 0.3 is 0 Å². The van der Waals surface area contributed by atoms with Gasteiger partial charge in [-0.3, -0.25) is 14.4 Å². The van der Waals surface area contributed by atoms with Crippen LogP contribution in [0, 0.1) is 0 Å². The summed E-state index contributed by atoms with van der Waals surface area (Å²) < 4.78 is 11.4. The minimum Gasteiger partial charge on any atom is -0.477 e. The minimum absolute atomic E-state index is 0.0162. The van der Waals surface area contributed by atoms with Gasteiger partial charge in [-0.25, -0.2) is 0 Å². The summed E-state index contributed by atoms with van der Waals surface area (Å²) in [6.45, 7) is 4.65. The number of hydrogen-bond donors (Lipinski definition) is 0. The molecule has 3 aliphatic heterocycles. The van der Waals surface area contributed by atoms with E-state index in [1.165, 1.54) is 11.3 Å². The summed E-state index contributed by atoms with van der Waals surface area (Å²) in [6, 6.07) is 11.2. The zero-order chi connectivity index (χ0) is 23.5. The highest BCUT2D eigenvalue weighted by Gasteiger charge is 2.35. The third kappa shape index (κ3) is 4.74. The van der Waals surface area contributed by atoms with E-state index in [-0.39, 0.29) is 24.3 Å². The van der Waals surface area contributed by atoms with E-state index >= 15 is 0 Å². The summed E-state index contributed by atoms with van der Waals surface area (Å²) in [5.41, 5.74) is 0.813. The van der Waals surface area contributed by atoms with Crippen molar-refractivity contribution in [1.29, 1.82) is 0 Å². The van der Waals surface area contributed by atoms with Gasteiger partial charge in [-0.05, 0) is 23.6 Å². The number of carbonyl (C=O) groups is 3. The lowest BCUT2D eigenvalue weighted by atomic mass is 10.1. The van der Waals surface area contributed by atoms with E-state index in [2.05, 4.69) is 0 Å². The maximum absolute atomic E-state index is 13.2. The smallest absolute Gasteiger partial charge is 0.265 e. The molecule has 5 rings (SSSR count). The van der Waals surface area contributed by atoms with Crippen LogP contribution in [0.25, 0.3) is 0 Å². The second kappa shape index (κ2) is 10.0. The van der Waals surface area contributed by atoms with Crippen molar-refractivity contribution in [2.45, 2.75) is 6.10 Å². The molecule has 180 valence electrons. The number of ether oxygens (including phenoxy) is 2. The lowest BCUT2D eigenvalue weighted by Gasteiger charge is -2.39. The number of morpholine rings is 1. The third-order valence-electron chi connectivity index (χ3n) is 6.44. The standard InChI is InChI=1S/C24H28N4O5S/c29-22(25-7-9-26(10-8-25)24(31)21-6-3-15-34-21)17-28-16-20(23(30)27-11-13-32-14-12-27)33-19-5-2-1-4-18(19)28/h1-6,15,20H,7-14,16-17H2/t20-/m1/s1. The van der Waals surface area contributed by atoms with Crippen molar-refractivity contribution >= 4 is 34.7 Å². The number of amides is 3. The average Bonchev–Trinajstić information content (AvgIpc) is 3.43. The molecule has 0 spiro atoms. The molecule has 34 heavy (non-hydrogen) atoms. The van der Waals surface area contributed by atoms with Crippen molar-refractivity contribution in [1.82, 2.24) is 14.7 Å². The molecular weight excluding hydrogens is 456 g/mol. The first-order valence-corrected chi connectivity index (χ1v) is 12.5. The number of anilines is 1. The molecule has 0 radical (unpaired) electrons. The molecule has 0 saturated carbocycles. The molecule has 3 aliphatic rings. The van der Waals surface area contributed by atoms with Crippen LogP contribution in [0.15, 0.2) is 41.8 Å². The predicted molar refractivity (Wildman–Crippen MR) is 127 cm³/mol. The minimum atomic E-state index is -0.666. The number of thiophene rings is 1. The monoisotopic (exact) mass is 484 g/mol. The van der Waals surface area contributed by atoms with Gasteiger partial charge in [0, 0.05) is 39.3 Å². The lowest BCUT2D eigenvalue weighted by Crippen LogP contribution is -2.56. The van der Waals surface area contributed by atoms with Crippen molar-refractivity contribution in [3.05, 3.63) is 46.7 Å². The van der Waals surface area contributed by atoms with E-state index in [9.17, 15) is 14.4 Å². The highest BCUT2D eigenvalue weighted by Crippen LogP contribution is 2.33. The van der Waals surface area contributed by atoms with Gasteiger partial charge in [-0.15, -0.1) is 11.3 Å². The SMILES string of the molecule is O=C(CN1C[C@H](C(=O)N2CCOCC2)Oc2ccccc21)N1CCN(C(=O)c2cccs2)CC1. The Morgan fingerprint density at radius 3 is 2.35 bits per heavy atom. The zero-order valence-corrected chi connectivity index (χ0v) is 19.7. The molecule has 0 aliphatic carbocycles. The highest BCUT2D eigenvalue weighted by atomic mass is 32.1. The van der Waals surface area contributed by atoms with Crippen LogP contribution in [0.5, 0.6) is 5.75 Å². The van der Waals surface area contributed by atoms with E-state index in [4.69, 9.17) is 9.47 Å². The van der Waals surface area contributed by atoms with Crippen molar-refractivity contribution in [3.63, 3.8) is 0 Å². The maximum atomic E-state index is 13.2. The number of carbonyl (C=O) groups excluding carboxylic acids is 3. The number of piperazine rings is 1. The summed E-state index contributed by atoms with van der Waals surface area (Å²) in [7, 11) is 0. The normalized spacial score (nSPS) is 20.5. The molecule has 1 aromatic heterocycles. The summed E-state index contributed by atoms with van der Waals surface area (Å²) in [5, 5.41) is 1.89. The zero-order valence-electron chi connectivity index (χ0n) is 18.9. The molecule has 4 heterocycles. The highest BCUT2D eigenvalue weighted by molar-refractivity contribution is 7.12. The maximum Gasteiger partial charge on any atom is 0.265 e. The van der Waals surface area contributed by atoms with Crippen LogP contribution in [-0.4, -0.2) is 104 Å². The van der Waals surface area contributed by atoms with Crippen molar-refractivity contribution in [2.24, 2.45) is 0 Å². The van der Waals surface area contributed by atoms with E-state index in [0.717, 1.165) is 10.6 Å². The van der Waals surface area contributed by atoms with Gasteiger partial charge in [0.25, 0.3) is 11.8 Å². The molecule has 0 bridgehead atoms. The average molecular weight is 485 g/mol. The van der Waals surface area contributed by atoms with Crippen molar-refractivity contribution in [2.75, 3.05) is 70.5 Å². The first-order valence-electron chi connectivity index (χ1n) is 11.6. The van der Waals surface area contributed by atoms with Crippen LogP contribution in [0.4, 0.5) is 5.69 Å². The Hall–Kier alpha value is -3.11. The Bertz CT molecular complexity index is 1030. The Balaban J connectivity index is 1.22. The number of fused-ring (bicyclic) bond motifs is 1. The van der Waals surface area contributed by atoms with Crippen LogP contribution in [0.3, 0.4) is 0 Å². The molecule has 1 atom stereocenters. The van der Waals surface area contributed by atoms with E-state index in [1.54, 1.807) is 14.7 Å². The number of hydrogen-bond acceptors (Lipinski definition) is 7. The number of rotatable bonds is 4. The van der Waals surface area contributed by atoms with Gasteiger partial charge in [-0.2, -0.15) is 0 Å². The van der Waals surface area contributed by atoms with E-state index < -0.39 is 6.10 Å². The van der Waals surface area contributed by atoms with Gasteiger partial charge in [0.05, 0.1) is 36.9 Å². The molecule has 9 nitrogen and oxygen atoms in total. The lowest BCUT2D eigenvalue weighted by molar-refractivity contribution is -0.143.